The van der Waals surface area contributed by atoms with Crippen LogP contribution < -0.4 is 4.74 Å². The summed E-state index contributed by atoms with van der Waals surface area (Å²) in [6.07, 6.45) is 4.73. The molecule has 0 atom stereocenters. The second-order valence-corrected chi connectivity index (χ2v) is 3.28. The summed E-state index contributed by atoms with van der Waals surface area (Å²) in [7, 11) is 0. The van der Waals surface area contributed by atoms with Crippen molar-refractivity contribution in [2.24, 2.45) is 0 Å². The zero-order valence-corrected chi connectivity index (χ0v) is 8.55. The highest BCUT2D eigenvalue weighted by molar-refractivity contribution is 5.20. The van der Waals surface area contributed by atoms with E-state index in [1.54, 1.807) is 6.07 Å². The molecule has 14 heavy (non-hydrogen) atoms. The summed E-state index contributed by atoms with van der Waals surface area (Å²) in [6, 6.07) is 6.99. The minimum atomic E-state index is -0.344. The molecular weight excluding hydrogens is 179 g/mol. The standard InChI is InChI=1S/C12H16FO/c1-2-3-4-5-10-14-12-8-6-11(13)7-9-12/h6,8-9H,2-5,10H2,1H3. The Morgan fingerprint density at radius 2 is 2.14 bits per heavy atom. The Kier molecular flexibility index (Phi) is 5.05. The van der Waals surface area contributed by atoms with Crippen LogP contribution in [0.4, 0.5) is 4.39 Å². The van der Waals surface area contributed by atoms with Gasteiger partial charge in [0.2, 0.25) is 0 Å². The first-order chi connectivity index (χ1) is 6.83. The molecule has 0 aliphatic heterocycles. The van der Waals surface area contributed by atoms with Gasteiger partial charge in [-0.2, -0.15) is 0 Å². The van der Waals surface area contributed by atoms with Gasteiger partial charge < -0.3 is 4.74 Å². The molecule has 1 nitrogen and oxygen atoms in total. The molecule has 0 aliphatic rings. The van der Waals surface area contributed by atoms with Gasteiger partial charge in [-0.1, -0.05) is 26.2 Å². The van der Waals surface area contributed by atoms with Crippen molar-refractivity contribution in [3.05, 3.63) is 30.1 Å². The molecule has 0 bridgehead atoms. The lowest BCUT2D eigenvalue weighted by molar-refractivity contribution is 0.304. The summed E-state index contributed by atoms with van der Waals surface area (Å²) in [5.41, 5.74) is 0. The van der Waals surface area contributed by atoms with Gasteiger partial charge >= 0.3 is 0 Å². The van der Waals surface area contributed by atoms with Gasteiger partial charge in [-0.15, -0.1) is 0 Å². The molecule has 1 radical (unpaired) electrons. The maximum absolute atomic E-state index is 12.5. The van der Waals surface area contributed by atoms with E-state index in [1.165, 1.54) is 31.4 Å². The molecule has 0 aromatic heterocycles. The Bertz CT molecular complexity index is 243. The van der Waals surface area contributed by atoms with Crippen molar-refractivity contribution in [1.29, 1.82) is 0 Å². The van der Waals surface area contributed by atoms with Gasteiger partial charge in [0.1, 0.15) is 11.6 Å². The van der Waals surface area contributed by atoms with Crippen LogP contribution in [0.5, 0.6) is 5.75 Å². The lowest BCUT2D eigenvalue weighted by atomic mass is 10.2. The Morgan fingerprint density at radius 3 is 2.79 bits per heavy atom. The predicted octanol–water partition coefficient (Wildman–Crippen LogP) is 3.58. The number of hydrogen-bond acceptors (Lipinski definition) is 1. The molecule has 0 saturated heterocycles. The highest BCUT2D eigenvalue weighted by Gasteiger charge is 1.94. The fourth-order valence-corrected chi connectivity index (χ4v) is 1.20. The SMILES string of the molecule is CCCCCCOc1c[c]c(F)cc1. The summed E-state index contributed by atoms with van der Waals surface area (Å²) < 4.78 is 17.9. The molecule has 0 spiro atoms. The molecular formula is C12H16FO. The summed E-state index contributed by atoms with van der Waals surface area (Å²) in [5, 5.41) is 0. The fraction of sp³-hybridized carbons (Fsp3) is 0.500. The minimum absolute atomic E-state index is 0.344. The molecule has 2 heteroatoms. The van der Waals surface area contributed by atoms with Crippen LogP contribution >= 0.6 is 0 Å². The summed E-state index contributed by atoms with van der Waals surface area (Å²) in [4.78, 5) is 0. The van der Waals surface area contributed by atoms with E-state index in [0.29, 0.717) is 12.4 Å². The van der Waals surface area contributed by atoms with Gasteiger partial charge in [-0.25, -0.2) is 4.39 Å². The second kappa shape index (κ2) is 6.41. The van der Waals surface area contributed by atoms with Gasteiger partial charge in [0, 0.05) is 6.07 Å². The number of rotatable bonds is 6. The van der Waals surface area contributed by atoms with Crippen LogP contribution in [0.2, 0.25) is 0 Å². The third kappa shape index (κ3) is 4.26. The fourth-order valence-electron chi connectivity index (χ4n) is 1.20. The molecule has 0 aliphatic carbocycles. The second-order valence-electron chi connectivity index (χ2n) is 3.28. The smallest absolute Gasteiger partial charge is 0.131 e. The van der Waals surface area contributed by atoms with Crippen LogP contribution in [0.3, 0.4) is 0 Å². The Hall–Kier alpha value is -1.05. The average molecular weight is 195 g/mol. The van der Waals surface area contributed by atoms with Gasteiger partial charge in [0.25, 0.3) is 0 Å². The topological polar surface area (TPSA) is 9.23 Å². The minimum Gasteiger partial charge on any atom is -0.494 e. The lowest BCUT2D eigenvalue weighted by Crippen LogP contribution is -1.97. The average Bonchev–Trinajstić information content (AvgIpc) is 2.21. The Morgan fingerprint density at radius 1 is 1.29 bits per heavy atom. The third-order valence-electron chi connectivity index (χ3n) is 2.01. The predicted molar refractivity (Wildman–Crippen MR) is 54.9 cm³/mol. The van der Waals surface area contributed by atoms with Crippen LogP contribution in [0, 0.1) is 11.9 Å². The van der Waals surface area contributed by atoms with Crippen molar-refractivity contribution >= 4 is 0 Å². The normalized spacial score (nSPS) is 10.1. The van der Waals surface area contributed by atoms with E-state index in [1.807, 2.05) is 0 Å². The number of unbranched alkanes of at least 4 members (excludes halogenated alkanes) is 3. The zero-order valence-electron chi connectivity index (χ0n) is 8.55. The molecule has 0 saturated carbocycles. The molecule has 0 unspecified atom stereocenters. The van der Waals surface area contributed by atoms with Crippen LogP contribution in [-0.4, -0.2) is 6.61 Å². The first kappa shape index (κ1) is 11.0. The van der Waals surface area contributed by atoms with Crippen LogP contribution in [0.25, 0.3) is 0 Å². The quantitative estimate of drug-likeness (QED) is 0.630. The van der Waals surface area contributed by atoms with Crippen molar-refractivity contribution in [3.8, 4) is 5.75 Å². The first-order valence-corrected chi connectivity index (χ1v) is 5.13. The van der Waals surface area contributed by atoms with E-state index < -0.39 is 0 Å². The van der Waals surface area contributed by atoms with Crippen molar-refractivity contribution in [3.63, 3.8) is 0 Å². The van der Waals surface area contributed by atoms with Crippen molar-refractivity contribution < 1.29 is 9.13 Å². The van der Waals surface area contributed by atoms with Gasteiger partial charge in [-0.3, -0.25) is 0 Å². The molecule has 1 aromatic rings. The molecule has 0 amide bonds. The van der Waals surface area contributed by atoms with Gasteiger partial charge in [0.05, 0.1) is 6.61 Å². The molecule has 0 heterocycles. The maximum atomic E-state index is 12.5. The van der Waals surface area contributed by atoms with E-state index in [4.69, 9.17) is 4.74 Å². The van der Waals surface area contributed by atoms with E-state index in [-0.39, 0.29) is 5.82 Å². The summed E-state index contributed by atoms with van der Waals surface area (Å²) in [5.74, 6) is 0.353. The van der Waals surface area contributed by atoms with E-state index in [0.717, 1.165) is 6.42 Å². The zero-order chi connectivity index (χ0) is 10.2. The van der Waals surface area contributed by atoms with Gasteiger partial charge in [0.15, 0.2) is 0 Å². The van der Waals surface area contributed by atoms with Crippen LogP contribution in [0.1, 0.15) is 32.6 Å². The van der Waals surface area contributed by atoms with Gasteiger partial charge in [-0.05, 0) is 24.6 Å². The summed E-state index contributed by atoms with van der Waals surface area (Å²) >= 11 is 0. The first-order valence-electron chi connectivity index (χ1n) is 5.13. The van der Waals surface area contributed by atoms with Crippen LogP contribution in [0.15, 0.2) is 18.2 Å². The number of hydrogen-bond donors (Lipinski definition) is 0. The molecule has 1 aromatic carbocycles. The highest BCUT2D eigenvalue weighted by Crippen LogP contribution is 2.11. The van der Waals surface area contributed by atoms with Crippen molar-refractivity contribution in [1.82, 2.24) is 0 Å². The number of benzene rings is 1. The number of ether oxygens (including phenoxy) is 1. The third-order valence-corrected chi connectivity index (χ3v) is 2.01. The largest absolute Gasteiger partial charge is 0.494 e. The van der Waals surface area contributed by atoms with E-state index in [2.05, 4.69) is 13.0 Å². The van der Waals surface area contributed by atoms with E-state index in [9.17, 15) is 4.39 Å². The van der Waals surface area contributed by atoms with Crippen molar-refractivity contribution in [2.45, 2.75) is 32.6 Å². The van der Waals surface area contributed by atoms with Crippen LogP contribution in [-0.2, 0) is 0 Å². The maximum Gasteiger partial charge on any atom is 0.131 e. The Labute approximate surface area is 84.9 Å². The number of halogens is 1. The molecule has 0 fully saturated rings. The van der Waals surface area contributed by atoms with E-state index >= 15 is 0 Å². The monoisotopic (exact) mass is 195 g/mol. The molecule has 1 rings (SSSR count). The molecule has 77 valence electrons. The van der Waals surface area contributed by atoms with Crippen molar-refractivity contribution in [2.75, 3.05) is 6.61 Å². The lowest BCUT2D eigenvalue weighted by Gasteiger charge is -2.04. The Balaban J connectivity index is 2.15. The highest BCUT2D eigenvalue weighted by atomic mass is 19.1. The summed E-state index contributed by atoms with van der Waals surface area (Å²) in [6.45, 7) is 2.88. The molecule has 0 N–H and O–H groups in total.